The van der Waals surface area contributed by atoms with Crippen LogP contribution in [0, 0.1) is 0 Å². The standard InChI is InChI=1S/C20H29N3O2/c24-19(22-11-6-3-7-12-22)16-21-18-10-8-9-17(15-18)20(25)23-13-4-1-2-5-14-23/h8-10,15,21H,1-7,11-14,16H2. The normalized spacial score (nSPS) is 18.6. The van der Waals surface area contributed by atoms with Crippen LogP contribution in [0.5, 0.6) is 0 Å². The molecule has 0 atom stereocenters. The molecule has 5 heteroatoms. The van der Waals surface area contributed by atoms with E-state index in [1.54, 1.807) is 0 Å². The molecule has 5 nitrogen and oxygen atoms in total. The molecule has 0 aliphatic carbocycles. The molecule has 1 aromatic rings. The molecule has 1 N–H and O–H groups in total. The monoisotopic (exact) mass is 343 g/mol. The number of benzene rings is 1. The maximum atomic E-state index is 12.7. The molecule has 2 fully saturated rings. The third-order valence-electron chi connectivity index (χ3n) is 5.16. The molecule has 0 saturated carbocycles. The van der Waals surface area contributed by atoms with Crippen LogP contribution in [0.2, 0.25) is 0 Å². The van der Waals surface area contributed by atoms with Gasteiger partial charge in [0, 0.05) is 37.4 Å². The minimum atomic E-state index is 0.105. The Hall–Kier alpha value is -2.04. The molecule has 136 valence electrons. The van der Waals surface area contributed by atoms with E-state index >= 15 is 0 Å². The number of rotatable bonds is 4. The summed E-state index contributed by atoms with van der Waals surface area (Å²) in [4.78, 5) is 28.9. The molecule has 2 aliphatic heterocycles. The Morgan fingerprint density at radius 3 is 2.12 bits per heavy atom. The second kappa shape index (κ2) is 8.88. The van der Waals surface area contributed by atoms with Crippen LogP contribution in [-0.4, -0.2) is 54.3 Å². The van der Waals surface area contributed by atoms with Gasteiger partial charge in [0.2, 0.25) is 5.91 Å². The van der Waals surface area contributed by atoms with Crippen LogP contribution in [0.1, 0.15) is 55.3 Å². The quantitative estimate of drug-likeness (QED) is 0.914. The minimum Gasteiger partial charge on any atom is -0.376 e. The SMILES string of the molecule is O=C(CNc1cccc(C(=O)N2CCCCCC2)c1)N1CCCCC1. The van der Waals surface area contributed by atoms with Crippen molar-refractivity contribution in [2.24, 2.45) is 0 Å². The second-order valence-electron chi connectivity index (χ2n) is 7.08. The summed E-state index contributed by atoms with van der Waals surface area (Å²) in [5.41, 5.74) is 1.54. The Morgan fingerprint density at radius 2 is 1.44 bits per heavy atom. The number of piperidine rings is 1. The van der Waals surface area contributed by atoms with E-state index in [-0.39, 0.29) is 11.8 Å². The molecule has 25 heavy (non-hydrogen) atoms. The zero-order chi connectivity index (χ0) is 17.5. The highest BCUT2D eigenvalue weighted by atomic mass is 16.2. The number of hydrogen-bond acceptors (Lipinski definition) is 3. The van der Waals surface area contributed by atoms with Gasteiger partial charge in [0.05, 0.1) is 6.54 Å². The first-order valence-electron chi connectivity index (χ1n) is 9.65. The summed E-state index contributed by atoms with van der Waals surface area (Å²) in [7, 11) is 0. The van der Waals surface area contributed by atoms with Crippen molar-refractivity contribution >= 4 is 17.5 Å². The lowest BCUT2D eigenvalue weighted by Gasteiger charge is -2.27. The van der Waals surface area contributed by atoms with Crippen molar-refractivity contribution in [3.63, 3.8) is 0 Å². The molecule has 2 saturated heterocycles. The summed E-state index contributed by atoms with van der Waals surface area (Å²) in [6.07, 6.45) is 8.03. The maximum Gasteiger partial charge on any atom is 0.253 e. The van der Waals surface area contributed by atoms with Gasteiger partial charge in [0.1, 0.15) is 0 Å². The smallest absolute Gasteiger partial charge is 0.253 e. The number of anilines is 1. The highest BCUT2D eigenvalue weighted by Gasteiger charge is 2.18. The summed E-state index contributed by atoms with van der Waals surface area (Å²) in [5, 5.41) is 3.19. The van der Waals surface area contributed by atoms with E-state index in [0.29, 0.717) is 12.1 Å². The predicted molar refractivity (Wildman–Crippen MR) is 99.7 cm³/mol. The summed E-state index contributed by atoms with van der Waals surface area (Å²) < 4.78 is 0. The Morgan fingerprint density at radius 1 is 0.840 bits per heavy atom. The lowest BCUT2D eigenvalue weighted by Crippen LogP contribution is -2.39. The van der Waals surface area contributed by atoms with Crippen molar-refractivity contribution in [2.45, 2.75) is 44.9 Å². The molecule has 0 unspecified atom stereocenters. The molecule has 0 spiro atoms. The number of hydrogen-bond donors (Lipinski definition) is 1. The fraction of sp³-hybridized carbons (Fsp3) is 0.600. The van der Waals surface area contributed by atoms with Crippen molar-refractivity contribution < 1.29 is 9.59 Å². The van der Waals surface area contributed by atoms with E-state index in [2.05, 4.69) is 5.32 Å². The summed E-state index contributed by atoms with van der Waals surface area (Å²) in [5.74, 6) is 0.247. The number of amides is 2. The molecule has 0 radical (unpaired) electrons. The van der Waals surface area contributed by atoms with Crippen LogP contribution in [-0.2, 0) is 4.79 Å². The fourth-order valence-corrected chi connectivity index (χ4v) is 3.65. The summed E-state index contributed by atoms with van der Waals surface area (Å²) in [6.45, 7) is 3.73. The van der Waals surface area contributed by atoms with Gasteiger partial charge in [-0.15, -0.1) is 0 Å². The van der Waals surface area contributed by atoms with Crippen molar-refractivity contribution in [2.75, 3.05) is 38.0 Å². The van der Waals surface area contributed by atoms with Gasteiger partial charge in [-0.3, -0.25) is 9.59 Å². The van der Waals surface area contributed by atoms with Crippen molar-refractivity contribution in [3.05, 3.63) is 29.8 Å². The van der Waals surface area contributed by atoms with Crippen molar-refractivity contribution in [3.8, 4) is 0 Å². The average molecular weight is 343 g/mol. The van der Waals surface area contributed by atoms with Gasteiger partial charge < -0.3 is 15.1 Å². The highest BCUT2D eigenvalue weighted by Crippen LogP contribution is 2.17. The molecule has 2 aliphatic rings. The van der Waals surface area contributed by atoms with Gasteiger partial charge in [-0.2, -0.15) is 0 Å². The van der Waals surface area contributed by atoms with Crippen LogP contribution < -0.4 is 5.32 Å². The Bertz CT molecular complexity index is 588. The van der Waals surface area contributed by atoms with Crippen LogP contribution >= 0.6 is 0 Å². The van der Waals surface area contributed by atoms with E-state index in [1.165, 1.54) is 19.3 Å². The second-order valence-corrected chi connectivity index (χ2v) is 7.08. The number of likely N-dealkylation sites (tertiary alicyclic amines) is 2. The number of carbonyl (C=O) groups is 2. The summed E-state index contributed by atoms with van der Waals surface area (Å²) >= 11 is 0. The first-order valence-corrected chi connectivity index (χ1v) is 9.65. The van der Waals surface area contributed by atoms with Gasteiger partial charge >= 0.3 is 0 Å². The van der Waals surface area contributed by atoms with E-state index in [1.807, 2.05) is 34.1 Å². The third kappa shape index (κ3) is 4.97. The molecule has 0 bridgehead atoms. The zero-order valence-electron chi connectivity index (χ0n) is 15.0. The van der Waals surface area contributed by atoms with Crippen LogP contribution in [0.25, 0.3) is 0 Å². The van der Waals surface area contributed by atoms with E-state index in [4.69, 9.17) is 0 Å². The van der Waals surface area contributed by atoms with E-state index in [9.17, 15) is 9.59 Å². The summed E-state index contributed by atoms with van der Waals surface area (Å²) in [6, 6.07) is 7.54. The first kappa shape index (κ1) is 17.8. The lowest BCUT2D eigenvalue weighted by molar-refractivity contribution is -0.130. The Kier molecular flexibility index (Phi) is 6.31. The predicted octanol–water partition coefficient (Wildman–Crippen LogP) is 3.13. The fourth-order valence-electron chi connectivity index (χ4n) is 3.65. The number of nitrogens with one attached hydrogen (secondary N) is 1. The molecule has 3 rings (SSSR count). The molecular weight excluding hydrogens is 314 g/mol. The van der Waals surface area contributed by atoms with E-state index in [0.717, 1.165) is 57.5 Å². The van der Waals surface area contributed by atoms with Crippen LogP contribution in [0.3, 0.4) is 0 Å². The Balaban J connectivity index is 1.57. The van der Waals surface area contributed by atoms with Gasteiger partial charge in [-0.1, -0.05) is 18.9 Å². The van der Waals surface area contributed by atoms with Crippen molar-refractivity contribution in [1.82, 2.24) is 9.80 Å². The largest absolute Gasteiger partial charge is 0.376 e. The topological polar surface area (TPSA) is 52.7 Å². The Labute approximate surface area is 150 Å². The number of nitrogens with zero attached hydrogens (tertiary/aromatic N) is 2. The minimum absolute atomic E-state index is 0.105. The van der Waals surface area contributed by atoms with Gasteiger partial charge in [0.25, 0.3) is 5.91 Å². The van der Waals surface area contributed by atoms with Gasteiger partial charge in [-0.05, 0) is 50.3 Å². The van der Waals surface area contributed by atoms with Crippen molar-refractivity contribution in [1.29, 1.82) is 0 Å². The maximum absolute atomic E-state index is 12.7. The molecule has 0 aromatic heterocycles. The average Bonchev–Trinajstić information content (AvgIpc) is 2.96. The molecule has 2 heterocycles. The van der Waals surface area contributed by atoms with Crippen LogP contribution in [0.4, 0.5) is 5.69 Å². The molecule has 2 amide bonds. The lowest BCUT2D eigenvalue weighted by atomic mass is 10.1. The van der Waals surface area contributed by atoms with Crippen LogP contribution in [0.15, 0.2) is 24.3 Å². The zero-order valence-corrected chi connectivity index (χ0v) is 15.0. The number of carbonyl (C=O) groups excluding carboxylic acids is 2. The molecule has 1 aromatic carbocycles. The highest BCUT2D eigenvalue weighted by molar-refractivity contribution is 5.95. The third-order valence-corrected chi connectivity index (χ3v) is 5.16. The van der Waals surface area contributed by atoms with E-state index < -0.39 is 0 Å². The van der Waals surface area contributed by atoms with Gasteiger partial charge in [-0.25, -0.2) is 0 Å². The van der Waals surface area contributed by atoms with Gasteiger partial charge in [0.15, 0.2) is 0 Å². The first-order chi connectivity index (χ1) is 12.2. The molecular formula is C20H29N3O2.